The Balaban J connectivity index is 2.17. The molecule has 0 aromatic heterocycles. The number of ether oxygens (including phenoxy) is 1. The quantitative estimate of drug-likeness (QED) is 0.681. The normalized spacial score (nSPS) is 14.3. The summed E-state index contributed by atoms with van der Waals surface area (Å²) in [7, 11) is -2.38. The Morgan fingerprint density at radius 3 is 2.70 bits per heavy atom. The van der Waals surface area contributed by atoms with Crippen LogP contribution >= 0.6 is 7.14 Å². The number of benzene rings is 2. The molecule has 0 radical (unpaired) electrons. The highest BCUT2D eigenvalue weighted by Crippen LogP contribution is 2.39. The highest BCUT2D eigenvalue weighted by atomic mass is 31.2. The van der Waals surface area contributed by atoms with Crippen molar-refractivity contribution in [2.24, 2.45) is 0 Å². The Kier molecular flexibility index (Phi) is 3.19. The van der Waals surface area contributed by atoms with Gasteiger partial charge in [0.2, 0.25) is 0 Å². The minimum atomic E-state index is -2.38. The minimum absolute atomic E-state index is 0.603. The van der Waals surface area contributed by atoms with E-state index in [1.54, 1.807) is 13.3 Å². The maximum absolute atomic E-state index is 12.3. The molecule has 2 aromatic rings. The van der Waals surface area contributed by atoms with Crippen LogP contribution in [0, 0.1) is 0 Å². The van der Waals surface area contributed by atoms with Gasteiger partial charge in [0.05, 0.1) is 13.2 Å². The van der Waals surface area contributed by atoms with Crippen molar-refractivity contribution >= 4 is 18.1 Å². The van der Waals surface area contributed by atoms with Crippen molar-refractivity contribution in [1.29, 1.82) is 0 Å². The van der Waals surface area contributed by atoms with Crippen LogP contribution in [0.1, 0.15) is 11.1 Å². The highest BCUT2D eigenvalue weighted by molar-refractivity contribution is 7.70. The SMILES string of the molecule is CP(C)(=O)c1cc(-c2cccc3c2COC3)ccc1N. The first-order valence-electron chi connectivity index (χ1n) is 6.61. The average Bonchev–Trinajstić information content (AvgIpc) is 2.86. The van der Waals surface area contributed by atoms with Gasteiger partial charge in [-0.3, -0.25) is 0 Å². The summed E-state index contributed by atoms with van der Waals surface area (Å²) in [5.74, 6) is 0. The number of rotatable bonds is 2. The molecule has 2 aromatic carbocycles. The first-order valence-corrected chi connectivity index (χ1v) is 9.21. The second-order valence-corrected chi connectivity index (χ2v) is 8.74. The molecule has 0 saturated carbocycles. The van der Waals surface area contributed by atoms with Gasteiger partial charge in [0, 0.05) is 11.0 Å². The number of hydrogen-bond acceptors (Lipinski definition) is 3. The van der Waals surface area contributed by atoms with Gasteiger partial charge in [0.15, 0.2) is 0 Å². The van der Waals surface area contributed by atoms with Crippen LogP contribution < -0.4 is 11.0 Å². The summed E-state index contributed by atoms with van der Waals surface area (Å²) in [5.41, 5.74) is 11.2. The predicted molar refractivity (Wildman–Crippen MR) is 83.9 cm³/mol. The lowest BCUT2D eigenvalue weighted by Gasteiger charge is -2.14. The van der Waals surface area contributed by atoms with E-state index in [0.29, 0.717) is 18.9 Å². The summed E-state index contributed by atoms with van der Waals surface area (Å²) < 4.78 is 17.9. The Bertz CT molecular complexity index is 718. The molecule has 3 rings (SSSR count). The van der Waals surface area contributed by atoms with Crippen molar-refractivity contribution in [1.82, 2.24) is 0 Å². The van der Waals surface area contributed by atoms with Crippen molar-refractivity contribution in [3.63, 3.8) is 0 Å². The molecule has 1 aliphatic heterocycles. The van der Waals surface area contributed by atoms with E-state index in [4.69, 9.17) is 10.5 Å². The standard InChI is InChI=1S/C16H18NO2P/c1-20(2,18)16-8-11(6-7-15(16)17)13-5-3-4-12-9-19-10-14(12)13/h3-8H,9-10,17H2,1-2H3. The monoisotopic (exact) mass is 287 g/mol. The molecule has 0 saturated heterocycles. The molecule has 0 bridgehead atoms. The van der Waals surface area contributed by atoms with Crippen molar-refractivity contribution in [3.8, 4) is 11.1 Å². The van der Waals surface area contributed by atoms with E-state index in [9.17, 15) is 4.57 Å². The van der Waals surface area contributed by atoms with Gasteiger partial charge in [-0.1, -0.05) is 24.3 Å². The van der Waals surface area contributed by atoms with Gasteiger partial charge in [-0.05, 0) is 47.7 Å². The maximum Gasteiger partial charge on any atom is 0.111 e. The molecule has 3 nitrogen and oxygen atoms in total. The first kappa shape index (κ1) is 13.4. The number of nitrogen functional groups attached to an aromatic ring is 1. The topological polar surface area (TPSA) is 52.3 Å². The summed E-state index contributed by atoms with van der Waals surface area (Å²) in [6.45, 7) is 4.81. The molecule has 0 spiro atoms. The Morgan fingerprint density at radius 1 is 1.15 bits per heavy atom. The fraction of sp³-hybridized carbons (Fsp3) is 0.250. The number of anilines is 1. The van der Waals surface area contributed by atoms with Crippen molar-refractivity contribution in [2.75, 3.05) is 19.1 Å². The van der Waals surface area contributed by atoms with E-state index in [2.05, 4.69) is 12.1 Å². The Hall–Kier alpha value is -1.57. The van der Waals surface area contributed by atoms with Gasteiger partial charge in [0.1, 0.15) is 7.14 Å². The Morgan fingerprint density at radius 2 is 1.95 bits per heavy atom. The van der Waals surface area contributed by atoms with Crippen LogP contribution in [-0.2, 0) is 22.5 Å². The molecule has 4 heteroatoms. The smallest absolute Gasteiger partial charge is 0.111 e. The van der Waals surface area contributed by atoms with E-state index in [1.807, 2.05) is 24.3 Å². The largest absolute Gasteiger partial charge is 0.398 e. The molecule has 2 N–H and O–H groups in total. The molecular weight excluding hydrogens is 269 g/mol. The third-order valence-corrected chi connectivity index (χ3v) is 5.25. The molecule has 104 valence electrons. The molecule has 0 atom stereocenters. The van der Waals surface area contributed by atoms with Gasteiger partial charge in [0.25, 0.3) is 0 Å². The fourth-order valence-electron chi connectivity index (χ4n) is 2.65. The molecule has 0 fully saturated rings. The van der Waals surface area contributed by atoms with Crippen molar-refractivity contribution < 1.29 is 9.30 Å². The van der Waals surface area contributed by atoms with Crippen LogP contribution in [-0.4, -0.2) is 13.3 Å². The maximum atomic E-state index is 12.3. The van der Waals surface area contributed by atoms with Crippen molar-refractivity contribution in [3.05, 3.63) is 47.5 Å². The molecule has 0 amide bonds. The third kappa shape index (κ3) is 2.28. The average molecular weight is 287 g/mol. The van der Waals surface area contributed by atoms with Gasteiger partial charge in [-0.15, -0.1) is 0 Å². The summed E-state index contributed by atoms with van der Waals surface area (Å²) in [5, 5.41) is 0.756. The number of nitrogens with two attached hydrogens (primary N) is 1. The van der Waals surface area contributed by atoms with Crippen molar-refractivity contribution in [2.45, 2.75) is 13.2 Å². The predicted octanol–water partition coefficient (Wildman–Crippen LogP) is 3.21. The van der Waals surface area contributed by atoms with Crippen LogP contribution in [0.4, 0.5) is 5.69 Å². The number of fused-ring (bicyclic) bond motifs is 1. The molecule has 1 heterocycles. The van der Waals surface area contributed by atoms with Gasteiger partial charge < -0.3 is 15.0 Å². The van der Waals surface area contributed by atoms with Crippen LogP contribution in [0.2, 0.25) is 0 Å². The summed E-state index contributed by atoms with van der Waals surface area (Å²) >= 11 is 0. The minimum Gasteiger partial charge on any atom is -0.398 e. The highest BCUT2D eigenvalue weighted by Gasteiger charge is 2.19. The zero-order valence-electron chi connectivity index (χ0n) is 11.7. The second kappa shape index (κ2) is 4.76. The van der Waals surface area contributed by atoms with E-state index in [-0.39, 0.29) is 0 Å². The zero-order valence-corrected chi connectivity index (χ0v) is 12.6. The summed E-state index contributed by atoms with van der Waals surface area (Å²) in [6.07, 6.45) is 0. The van der Waals surface area contributed by atoms with Crippen LogP contribution in [0.5, 0.6) is 0 Å². The lowest BCUT2D eigenvalue weighted by Crippen LogP contribution is -2.10. The molecule has 0 unspecified atom stereocenters. The van der Waals surface area contributed by atoms with E-state index in [1.165, 1.54) is 11.1 Å². The van der Waals surface area contributed by atoms with E-state index in [0.717, 1.165) is 16.4 Å². The Labute approximate surface area is 119 Å². The summed E-state index contributed by atoms with van der Waals surface area (Å²) in [4.78, 5) is 0. The lowest BCUT2D eigenvalue weighted by molar-refractivity contribution is 0.134. The zero-order chi connectivity index (χ0) is 14.3. The molecule has 20 heavy (non-hydrogen) atoms. The second-order valence-electron chi connectivity index (χ2n) is 5.56. The van der Waals surface area contributed by atoms with Crippen LogP contribution in [0.15, 0.2) is 36.4 Å². The van der Waals surface area contributed by atoms with Gasteiger partial charge >= 0.3 is 0 Å². The van der Waals surface area contributed by atoms with Gasteiger partial charge in [-0.25, -0.2) is 0 Å². The summed E-state index contributed by atoms with van der Waals surface area (Å²) in [6, 6.07) is 12.0. The first-order chi connectivity index (χ1) is 9.47. The molecule has 0 aliphatic carbocycles. The van der Waals surface area contributed by atoms with Gasteiger partial charge in [-0.2, -0.15) is 0 Å². The van der Waals surface area contributed by atoms with Crippen LogP contribution in [0.25, 0.3) is 11.1 Å². The van der Waals surface area contributed by atoms with E-state index < -0.39 is 7.14 Å². The van der Waals surface area contributed by atoms with Crippen LogP contribution in [0.3, 0.4) is 0 Å². The fourth-order valence-corrected chi connectivity index (χ4v) is 3.80. The lowest BCUT2D eigenvalue weighted by atomic mass is 9.97. The molecular formula is C16H18NO2P. The van der Waals surface area contributed by atoms with E-state index >= 15 is 0 Å². The molecule has 1 aliphatic rings. The number of hydrogen-bond donors (Lipinski definition) is 1. The third-order valence-electron chi connectivity index (χ3n) is 3.70.